The van der Waals surface area contributed by atoms with Crippen molar-refractivity contribution in [1.29, 1.82) is 0 Å². The van der Waals surface area contributed by atoms with E-state index in [9.17, 15) is 9.59 Å². The molecule has 0 atom stereocenters. The van der Waals surface area contributed by atoms with Crippen LogP contribution in [0, 0.1) is 5.92 Å². The normalized spacial score (nSPS) is 23.6. The van der Waals surface area contributed by atoms with Crippen LogP contribution in [0.25, 0.3) is 0 Å². The van der Waals surface area contributed by atoms with Crippen LogP contribution in [-0.4, -0.2) is 16.9 Å². The maximum Gasteiger partial charge on any atom is 0.377 e. The van der Waals surface area contributed by atoms with E-state index in [1.807, 2.05) is 12.1 Å². The van der Waals surface area contributed by atoms with Crippen molar-refractivity contribution in [2.24, 2.45) is 5.92 Å². The van der Waals surface area contributed by atoms with Crippen molar-refractivity contribution in [3.8, 4) is 0 Å². The maximum absolute atomic E-state index is 11.7. The van der Waals surface area contributed by atoms with Crippen molar-refractivity contribution in [2.75, 3.05) is 0 Å². The van der Waals surface area contributed by atoms with Crippen LogP contribution in [0.1, 0.15) is 54.4 Å². The topological polar surface area (TPSA) is 54.4 Å². The van der Waals surface area contributed by atoms with Gasteiger partial charge < -0.3 is 5.11 Å². The number of carbonyl (C=O) groups is 2. The zero-order chi connectivity index (χ0) is 13.1. The summed E-state index contributed by atoms with van der Waals surface area (Å²) in [5.74, 6) is -1.08. The zero-order valence-electron chi connectivity index (χ0n) is 10.6. The van der Waals surface area contributed by atoms with Gasteiger partial charge in [-0.15, -0.1) is 0 Å². The molecular weight excluding hydrogens is 228 g/mol. The minimum absolute atomic E-state index is 0.334. The first kappa shape index (κ1) is 12.8. The number of hydrogen-bond donors (Lipinski definition) is 1. The Bertz CT molecular complexity index is 457. The average molecular weight is 246 g/mol. The van der Waals surface area contributed by atoms with E-state index < -0.39 is 11.8 Å². The fraction of sp³-hybridized carbons (Fsp3) is 0.467. The van der Waals surface area contributed by atoms with Crippen molar-refractivity contribution in [3.63, 3.8) is 0 Å². The van der Waals surface area contributed by atoms with Crippen LogP contribution in [-0.2, 0) is 4.79 Å². The van der Waals surface area contributed by atoms with Crippen LogP contribution in [0.15, 0.2) is 24.3 Å². The van der Waals surface area contributed by atoms with E-state index in [4.69, 9.17) is 5.11 Å². The molecule has 1 fully saturated rings. The number of hydrogen-bond acceptors (Lipinski definition) is 2. The molecule has 3 nitrogen and oxygen atoms in total. The predicted molar refractivity (Wildman–Crippen MR) is 68.8 cm³/mol. The van der Waals surface area contributed by atoms with Crippen LogP contribution in [0.2, 0.25) is 0 Å². The third-order valence-corrected chi connectivity index (χ3v) is 3.86. The van der Waals surface area contributed by atoms with Gasteiger partial charge in [0.1, 0.15) is 0 Å². The molecule has 0 aromatic heterocycles. The highest BCUT2D eigenvalue weighted by molar-refractivity contribution is 6.40. The third kappa shape index (κ3) is 2.61. The summed E-state index contributed by atoms with van der Waals surface area (Å²) < 4.78 is 0. The van der Waals surface area contributed by atoms with E-state index in [2.05, 4.69) is 6.92 Å². The Balaban J connectivity index is 2.27. The fourth-order valence-electron chi connectivity index (χ4n) is 2.75. The van der Waals surface area contributed by atoms with Crippen LogP contribution in [0.4, 0.5) is 0 Å². The molecule has 1 aliphatic rings. The number of benzene rings is 1. The van der Waals surface area contributed by atoms with Gasteiger partial charge >= 0.3 is 5.97 Å². The monoisotopic (exact) mass is 246 g/mol. The molecule has 0 spiro atoms. The van der Waals surface area contributed by atoms with Gasteiger partial charge in [-0.05, 0) is 30.2 Å². The minimum atomic E-state index is -1.37. The predicted octanol–water partition coefficient (Wildman–Crippen LogP) is 3.25. The number of ketones is 1. The van der Waals surface area contributed by atoms with Crippen molar-refractivity contribution >= 4 is 11.8 Å². The number of carbonyl (C=O) groups excluding carboxylic acids is 1. The molecule has 0 heterocycles. The second-order valence-electron chi connectivity index (χ2n) is 5.18. The van der Waals surface area contributed by atoms with Crippen LogP contribution in [0.3, 0.4) is 0 Å². The van der Waals surface area contributed by atoms with Crippen molar-refractivity contribution in [2.45, 2.75) is 38.5 Å². The molecule has 3 heteroatoms. The van der Waals surface area contributed by atoms with E-state index in [1.54, 1.807) is 12.1 Å². The lowest BCUT2D eigenvalue weighted by Crippen LogP contribution is -2.18. The van der Waals surface area contributed by atoms with E-state index in [0.717, 1.165) is 37.2 Å². The summed E-state index contributed by atoms with van der Waals surface area (Å²) in [5.41, 5.74) is 1.28. The number of rotatable bonds is 3. The molecule has 1 saturated carbocycles. The molecule has 1 aliphatic carbocycles. The Labute approximate surface area is 107 Å². The molecule has 0 amide bonds. The van der Waals surface area contributed by atoms with Gasteiger partial charge in [0.05, 0.1) is 0 Å². The number of aliphatic carboxylic acids is 1. The van der Waals surface area contributed by atoms with E-state index >= 15 is 0 Å². The summed E-state index contributed by atoms with van der Waals surface area (Å²) in [7, 11) is 0. The lowest BCUT2D eigenvalue weighted by molar-refractivity contribution is -0.131. The molecule has 2 rings (SSSR count). The van der Waals surface area contributed by atoms with E-state index in [0.29, 0.717) is 11.5 Å². The highest BCUT2D eigenvalue weighted by Gasteiger charge is 2.25. The molecule has 0 saturated heterocycles. The zero-order valence-corrected chi connectivity index (χ0v) is 10.6. The quantitative estimate of drug-likeness (QED) is 0.658. The number of Topliss-reactive ketones (excluding diaryl/α,β-unsaturated/α-hetero) is 1. The smallest absolute Gasteiger partial charge is 0.377 e. The Morgan fingerprint density at radius 3 is 2.33 bits per heavy atom. The van der Waals surface area contributed by atoms with Crippen molar-refractivity contribution in [1.82, 2.24) is 0 Å². The summed E-state index contributed by atoms with van der Waals surface area (Å²) in [6.07, 6.45) is 4.40. The summed E-state index contributed by atoms with van der Waals surface area (Å²) in [4.78, 5) is 22.5. The van der Waals surface area contributed by atoms with Gasteiger partial charge in [0.2, 0.25) is 0 Å². The SMILES string of the molecule is CC1CCC(c2ccccc2C(=O)C(=O)O)CC1. The number of carboxylic acid groups (broad SMARTS) is 1. The van der Waals surface area contributed by atoms with Crippen molar-refractivity contribution in [3.05, 3.63) is 35.4 Å². The van der Waals surface area contributed by atoms with Gasteiger partial charge in [-0.1, -0.05) is 44.0 Å². The Hall–Kier alpha value is -1.64. The molecule has 0 bridgehead atoms. The molecule has 1 aromatic rings. The summed E-state index contributed by atoms with van der Waals surface area (Å²) >= 11 is 0. The number of carboxylic acids is 1. The van der Waals surface area contributed by atoms with Crippen molar-refractivity contribution < 1.29 is 14.7 Å². The van der Waals surface area contributed by atoms with E-state index in [1.165, 1.54) is 0 Å². The Morgan fingerprint density at radius 2 is 1.72 bits per heavy atom. The second kappa shape index (κ2) is 5.34. The molecule has 1 N–H and O–H groups in total. The molecule has 1 aromatic carbocycles. The largest absolute Gasteiger partial charge is 0.475 e. The molecule has 96 valence electrons. The van der Waals surface area contributed by atoms with Gasteiger partial charge in [0, 0.05) is 5.56 Å². The Kier molecular flexibility index (Phi) is 3.80. The summed E-state index contributed by atoms with van der Waals surface area (Å²) in [5, 5.41) is 8.85. The van der Waals surface area contributed by atoms with Gasteiger partial charge in [-0.2, -0.15) is 0 Å². The van der Waals surface area contributed by atoms with Gasteiger partial charge in [0.15, 0.2) is 0 Å². The van der Waals surface area contributed by atoms with Gasteiger partial charge in [0.25, 0.3) is 5.78 Å². The maximum atomic E-state index is 11.7. The van der Waals surface area contributed by atoms with Crippen LogP contribution in [0.5, 0.6) is 0 Å². The molecule has 0 radical (unpaired) electrons. The molecule has 0 aliphatic heterocycles. The third-order valence-electron chi connectivity index (χ3n) is 3.86. The fourth-order valence-corrected chi connectivity index (χ4v) is 2.75. The second-order valence-corrected chi connectivity index (χ2v) is 5.18. The minimum Gasteiger partial charge on any atom is -0.475 e. The first-order chi connectivity index (χ1) is 8.59. The van der Waals surface area contributed by atoms with Crippen LogP contribution < -0.4 is 0 Å². The standard InChI is InChI=1S/C15H18O3/c1-10-6-8-11(9-7-10)12-4-2-3-5-13(12)14(16)15(17)18/h2-5,10-11H,6-9H2,1H3,(H,17,18). The lowest BCUT2D eigenvalue weighted by atomic mass is 9.77. The van der Waals surface area contributed by atoms with Crippen LogP contribution >= 0.6 is 0 Å². The summed E-state index contributed by atoms with van der Waals surface area (Å²) in [6, 6.07) is 7.14. The van der Waals surface area contributed by atoms with E-state index in [-0.39, 0.29) is 0 Å². The highest BCUT2D eigenvalue weighted by atomic mass is 16.4. The lowest BCUT2D eigenvalue weighted by Gasteiger charge is -2.27. The molecule has 18 heavy (non-hydrogen) atoms. The first-order valence-corrected chi connectivity index (χ1v) is 6.46. The molecular formula is C15H18O3. The van der Waals surface area contributed by atoms with Gasteiger partial charge in [-0.3, -0.25) is 4.79 Å². The average Bonchev–Trinajstić information content (AvgIpc) is 2.39. The van der Waals surface area contributed by atoms with Gasteiger partial charge in [-0.25, -0.2) is 4.79 Å². The Morgan fingerprint density at radius 1 is 1.11 bits per heavy atom. The molecule has 0 unspecified atom stereocenters. The highest BCUT2D eigenvalue weighted by Crippen LogP contribution is 2.36. The summed E-state index contributed by atoms with van der Waals surface area (Å²) in [6.45, 7) is 2.24. The first-order valence-electron chi connectivity index (χ1n) is 6.46.